The predicted octanol–water partition coefficient (Wildman–Crippen LogP) is 2.58. The summed E-state index contributed by atoms with van der Waals surface area (Å²) >= 11 is 0. The van der Waals surface area contributed by atoms with Crippen LogP contribution in [0, 0.1) is 0 Å². The third-order valence-electron chi connectivity index (χ3n) is 3.82. The number of rotatable bonds is 8. The largest absolute Gasteiger partial charge is 0.493 e. The second kappa shape index (κ2) is 9.47. The minimum atomic E-state index is -0.646. The van der Waals surface area contributed by atoms with E-state index in [0.717, 1.165) is 0 Å². The third-order valence-corrected chi connectivity index (χ3v) is 3.82. The smallest absolute Gasteiger partial charge is 0.317 e. The van der Waals surface area contributed by atoms with Gasteiger partial charge in [0.1, 0.15) is 0 Å². The average molecular weight is 374 g/mol. The van der Waals surface area contributed by atoms with Crippen LogP contribution < -0.4 is 18.9 Å². The Kier molecular flexibility index (Phi) is 7.05. The van der Waals surface area contributed by atoms with E-state index in [1.54, 1.807) is 36.4 Å². The molecule has 0 unspecified atom stereocenters. The Morgan fingerprint density at radius 1 is 0.630 bits per heavy atom. The third kappa shape index (κ3) is 5.37. The summed E-state index contributed by atoms with van der Waals surface area (Å²) in [5, 5.41) is 0. The van der Waals surface area contributed by atoms with Crippen LogP contribution in [-0.2, 0) is 27.2 Å². The minimum absolute atomic E-state index is 0.0575. The molecule has 0 aliphatic carbocycles. The first-order valence-electron chi connectivity index (χ1n) is 8.16. The van der Waals surface area contributed by atoms with Crippen LogP contribution >= 0.6 is 0 Å². The van der Waals surface area contributed by atoms with E-state index in [0.29, 0.717) is 34.1 Å². The van der Waals surface area contributed by atoms with Gasteiger partial charge in [0.2, 0.25) is 0 Å². The first kappa shape index (κ1) is 20.1. The highest BCUT2D eigenvalue weighted by Gasteiger charge is 2.15. The topological polar surface area (TPSA) is 80.3 Å². The normalized spacial score (nSPS) is 10.1. The predicted molar refractivity (Wildman–Crippen MR) is 97.6 cm³/mol. The van der Waals surface area contributed by atoms with E-state index in [4.69, 9.17) is 23.7 Å². The maximum absolute atomic E-state index is 12.0. The number of hydrogen-bond donors (Lipinski definition) is 0. The molecule has 0 radical (unpaired) electrons. The van der Waals surface area contributed by atoms with Crippen LogP contribution in [0.5, 0.6) is 23.0 Å². The van der Waals surface area contributed by atoms with E-state index >= 15 is 0 Å². The highest BCUT2D eigenvalue weighted by molar-refractivity contribution is 5.87. The first-order chi connectivity index (χ1) is 13.0. The van der Waals surface area contributed by atoms with Crippen molar-refractivity contribution in [3.05, 3.63) is 47.5 Å². The molecule has 0 aliphatic heterocycles. The summed E-state index contributed by atoms with van der Waals surface area (Å²) in [6.45, 7) is 0. The van der Waals surface area contributed by atoms with Gasteiger partial charge in [0.25, 0.3) is 0 Å². The van der Waals surface area contributed by atoms with Gasteiger partial charge < -0.3 is 23.7 Å². The van der Waals surface area contributed by atoms with Gasteiger partial charge in [-0.05, 0) is 35.4 Å². The zero-order chi connectivity index (χ0) is 19.8. The van der Waals surface area contributed by atoms with E-state index in [1.165, 1.54) is 28.4 Å². The van der Waals surface area contributed by atoms with E-state index < -0.39 is 11.9 Å². The lowest BCUT2D eigenvalue weighted by Crippen LogP contribution is -2.16. The van der Waals surface area contributed by atoms with Crippen molar-refractivity contribution < 1.29 is 33.3 Å². The molecule has 7 nitrogen and oxygen atoms in total. The number of ether oxygens (including phenoxy) is 5. The molecule has 0 N–H and O–H groups in total. The summed E-state index contributed by atoms with van der Waals surface area (Å²) in [5.74, 6) is 0.817. The van der Waals surface area contributed by atoms with Gasteiger partial charge in [0.15, 0.2) is 23.0 Å². The highest BCUT2D eigenvalue weighted by Crippen LogP contribution is 2.28. The lowest BCUT2D eigenvalue weighted by molar-refractivity contribution is -0.158. The van der Waals surface area contributed by atoms with Crippen molar-refractivity contribution in [3.63, 3.8) is 0 Å². The van der Waals surface area contributed by atoms with Gasteiger partial charge >= 0.3 is 11.9 Å². The van der Waals surface area contributed by atoms with E-state index in [1.807, 2.05) is 0 Å². The lowest BCUT2D eigenvalue weighted by Gasteiger charge is -2.10. The van der Waals surface area contributed by atoms with Gasteiger partial charge in [0.05, 0.1) is 41.3 Å². The quantitative estimate of drug-likeness (QED) is 0.519. The molecule has 144 valence electrons. The molecule has 0 heterocycles. The lowest BCUT2D eigenvalue weighted by atomic mass is 10.1. The Hall–Kier alpha value is -3.22. The first-order valence-corrected chi connectivity index (χ1v) is 8.16. The zero-order valence-corrected chi connectivity index (χ0v) is 15.7. The maximum atomic E-state index is 12.0. The number of carbonyl (C=O) groups is 2. The van der Waals surface area contributed by atoms with Crippen LogP contribution in [0.1, 0.15) is 11.1 Å². The summed E-state index contributed by atoms with van der Waals surface area (Å²) < 4.78 is 25.6. The van der Waals surface area contributed by atoms with Crippen molar-refractivity contribution in [2.24, 2.45) is 0 Å². The molecule has 0 saturated heterocycles. The molecule has 0 amide bonds. The molecule has 0 saturated carbocycles. The van der Waals surface area contributed by atoms with Crippen LogP contribution in [0.3, 0.4) is 0 Å². The molecule has 0 aromatic heterocycles. The van der Waals surface area contributed by atoms with Gasteiger partial charge in [-0.2, -0.15) is 0 Å². The van der Waals surface area contributed by atoms with Crippen molar-refractivity contribution >= 4 is 11.9 Å². The Morgan fingerprint density at radius 2 is 1.00 bits per heavy atom. The summed E-state index contributed by atoms with van der Waals surface area (Å²) in [4.78, 5) is 24.1. The van der Waals surface area contributed by atoms with Gasteiger partial charge in [-0.1, -0.05) is 12.1 Å². The van der Waals surface area contributed by atoms with Crippen LogP contribution in [-0.4, -0.2) is 40.4 Å². The van der Waals surface area contributed by atoms with Crippen molar-refractivity contribution in [1.29, 1.82) is 0 Å². The Labute approximate surface area is 157 Å². The summed E-state index contributed by atoms with van der Waals surface area (Å²) in [6.07, 6.45) is -0.115. The van der Waals surface area contributed by atoms with Crippen LogP contribution in [0.2, 0.25) is 0 Å². The fourth-order valence-corrected chi connectivity index (χ4v) is 2.51. The second-order valence-corrected chi connectivity index (χ2v) is 5.58. The van der Waals surface area contributed by atoms with Crippen molar-refractivity contribution in [1.82, 2.24) is 0 Å². The van der Waals surface area contributed by atoms with Crippen LogP contribution in [0.25, 0.3) is 0 Å². The second-order valence-electron chi connectivity index (χ2n) is 5.58. The van der Waals surface area contributed by atoms with Crippen molar-refractivity contribution in [3.8, 4) is 23.0 Å². The number of benzene rings is 2. The van der Waals surface area contributed by atoms with Crippen LogP contribution in [0.15, 0.2) is 36.4 Å². The fourth-order valence-electron chi connectivity index (χ4n) is 2.51. The maximum Gasteiger partial charge on any atom is 0.317 e. The van der Waals surface area contributed by atoms with E-state index in [9.17, 15) is 9.59 Å². The number of carbonyl (C=O) groups excluding carboxylic acids is 2. The Balaban J connectivity index is 1.97. The Morgan fingerprint density at radius 3 is 1.33 bits per heavy atom. The molecular formula is C20H22O7. The summed E-state index contributed by atoms with van der Waals surface area (Å²) in [6, 6.07) is 10.1. The molecule has 0 fully saturated rings. The van der Waals surface area contributed by atoms with E-state index in [-0.39, 0.29) is 12.8 Å². The van der Waals surface area contributed by atoms with Gasteiger partial charge in [-0.15, -0.1) is 0 Å². The summed E-state index contributed by atoms with van der Waals surface area (Å²) in [5.41, 5.74) is 1.30. The SMILES string of the molecule is COc1ccc(CC(=O)OC(=O)Cc2ccc(OC)c(OC)c2)cc1OC. The highest BCUT2D eigenvalue weighted by atomic mass is 16.6. The molecule has 0 bridgehead atoms. The molecule has 0 spiro atoms. The van der Waals surface area contributed by atoms with Gasteiger partial charge in [-0.25, -0.2) is 0 Å². The number of esters is 2. The Bertz CT molecular complexity index is 746. The standard InChI is InChI=1S/C20H22O7/c1-23-15-7-5-13(9-17(15)25-3)11-19(21)27-20(22)12-14-6-8-16(24-2)18(10-14)26-4/h5-10H,11-12H2,1-4H3. The fraction of sp³-hybridized carbons (Fsp3) is 0.300. The zero-order valence-electron chi connectivity index (χ0n) is 15.7. The molecule has 27 heavy (non-hydrogen) atoms. The summed E-state index contributed by atoms with van der Waals surface area (Å²) in [7, 11) is 6.07. The number of methoxy groups -OCH3 is 4. The van der Waals surface area contributed by atoms with Crippen LogP contribution in [0.4, 0.5) is 0 Å². The molecule has 2 aromatic rings. The number of hydrogen-bond acceptors (Lipinski definition) is 7. The van der Waals surface area contributed by atoms with E-state index in [2.05, 4.69) is 0 Å². The van der Waals surface area contributed by atoms with Crippen molar-refractivity contribution in [2.45, 2.75) is 12.8 Å². The molecule has 2 rings (SSSR count). The molecule has 7 heteroatoms. The monoisotopic (exact) mass is 374 g/mol. The van der Waals surface area contributed by atoms with Gasteiger partial charge in [0, 0.05) is 0 Å². The molecular weight excluding hydrogens is 352 g/mol. The van der Waals surface area contributed by atoms with Crippen molar-refractivity contribution in [2.75, 3.05) is 28.4 Å². The average Bonchev–Trinajstić information content (AvgIpc) is 2.67. The molecule has 2 aromatic carbocycles. The minimum Gasteiger partial charge on any atom is -0.493 e. The molecule has 0 aliphatic rings. The molecule has 0 atom stereocenters. The van der Waals surface area contributed by atoms with Gasteiger partial charge in [-0.3, -0.25) is 9.59 Å².